The van der Waals surface area contributed by atoms with Gasteiger partial charge >= 0.3 is 5.97 Å². The molecule has 0 aliphatic rings. The lowest BCUT2D eigenvalue weighted by Gasteiger charge is -2.19. The molecule has 7 nitrogen and oxygen atoms in total. The summed E-state index contributed by atoms with van der Waals surface area (Å²) in [6.07, 6.45) is 2.90. The largest absolute Gasteiger partial charge is 0.460 e. The first-order valence-corrected chi connectivity index (χ1v) is 8.07. The number of hydrogen-bond donors (Lipinski definition) is 2. The van der Waals surface area contributed by atoms with Gasteiger partial charge in [-0.05, 0) is 45.0 Å². The van der Waals surface area contributed by atoms with Gasteiger partial charge in [0.2, 0.25) is 5.95 Å². The Labute approximate surface area is 151 Å². The summed E-state index contributed by atoms with van der Waals surface area (Å²) in [6, 6.07) is 5.43. The molecule has 0 aliphatic heterocycles. The van der Waals surface area contributed by atoms with E-state index in [1.807, 2.05) is 0 Å². The van der Waals surface area contributed by atoms with Crippen LogP contribution in [-0.4, -0.2) is 34.0 Å². The van der Waals surface area contributed by atoms with Crippen LogP contribution in [0.4, 0.5) is 16.0 Å². The van der Waals surface area contributed by atoms with E-state index in [1.54, 1.807) is 20.8 Å². The number of hydrogen-bond acceptors (Lipinski definition) is 6. The van der Waals surface area contributed by atoms with E-state index in [-0.39, 0.29) is 23.8 Å². The Balaban J connectivity index is 1.83. The van der Waals surface area contributed by atoms with E-state index in [1.165, 1.54) is 36.7 Å². The van der Waals surface area contributed by atoms with Crippen LogP contribution in [0.1, 0.15) is 37.6 Å². The first kappa shape index (κ1) is 19.3. The van der Waals surface area contributed by atoms with E-state index in [0.717, 1.165) is 0 Å². The Hall–Kier alpha value is -3.03. The molecule has 0 bridgehead atoms. The van der Waals surface area contributed by atoms with E-state index in [2.05, 4.69) is 20.6 Å². The van der Waals surface area contributed by atoms with Crippen LogP contribution in [0.5, 0.6) is 0 Å². The normalized spacial score (nSPS) is 10.9. The lowest BCUT2D eigenvalue weighted by atomic mass is 10.2. The molecule has 0 unspecified atom stereocenters. The van der Waals surface area contributed by atoms with Gasteiger partial charge in [0, 0.05) is 24.6 Å². The smallest absolute Gasteiger partial charge is 0.308 e. The average Bonchev–Trinajstić information content (AvgIpc) is 2.56. The summed E-state index contributed by atoms with van der Waals surface area (Å²) >= 11 is 0. The van der Waals surface area contributed by atoms with Gasteiger partial charge in [-0.1, -0.05) is 0 Å². The second-order valence-electron chi connectivity index (χ2n) is 6.52. The minimum absolute atomic E-state index is 0.174. The van der Waals surface area contributed by atoms with Crippen LogP contribution in [0, 0.1) is 5.82 Å². The first-order chi connectivity index (χ1) is 12.2. The maximum absolute atomic E-state index is 12.9. The van der Waals surface area contributed by atoms with Crippen LogP contribution < -0.4 is 10.6 Å². The third-order valence-corrected chi connectivity index (χ3v) is 3.05. The second-order valence-corrected chi connectivity index (χ2v) is 6.52. The van der Waals surface area contributed by atoms with Crippen molar-refractivity contribution in [1.29, 1.82) is 0 Å². The van der Waals surface area contributed by atoms with Gasteiger partial charge in [0.25, 0.3) is 5.91 Å². The van der Waals surface area contributed by atoms with Gasteiger partial charge in [-0.15, -0.1) is 0 Å². The molecule has 0 spiro atoms. The molecule has 0 radical (unpaired) electrons. The Kier molecular flexibility index (Phi) is 6.21. The molecule has 26 heavy (non-hydrogen) atoms. The number of carbonyl (C=O) groups is 2. The maximum atomic E-state index is 12.9. The molecule has 2 rings (SSSR count). The Bertz CT molecular complexity index is 756. The maximum Gasteiger partial charge on any atom is 0.308 e. The fraction of sp³-hybridized carbons (Fsp3) is 0.333. The predicted octanol–water partition coefficient (Wildman–Crippen LogP) is 3.01. The zero-order valence-electron chi connectivity index (χ0n) is 14.9. The molecule has 8 heteroatoms. The van der Waals surface area contributed by atoms with Gasteiger partial charge in [-0.25, -0.2) is 14.4 Å². The molecule has 2 N–H and O–H groups in total. The van der Waals surface area contributed by atoms with Gasteiger partial charge in [0.1, 0.15) is 11.4 Å². The molecule has 1 aromatic carbocycles. The summed E-state index contributed by atoms with van der Waals surface area (Å²) < 4.78 is 18.0. The summed E-state index contributed by atoms with van der Waals surface area (Å²) in [5, 5.41) is 5.50. The molecule has 0 fully saturated rings. The number of amides is 1. The zero-order valence-corrected chi connectivity index (χ0v) is 14.9. The third-order valence-electron chi connectivity index (χ3n) is 3.05. The van der Waals surface area contributed by atoms with Crippen LogP contribution in [0.2, 0.25) is 0 Å². The van der Waals surface area contributed by atoms with Crippen molar-refractivity contribution < 1.29 is 18.7 Å². The number of benzene rings is 1. The number of aromatic nitrogens is 2. The molecular weight excluding hydrogens is 339 g/mol. The van der Waals surface area contributed by atoms with Crippen LogP contribution in [-0.2, 0) is 9.53 Å². The van der Waals surface area contributed by atoms with Crippen molar-refractivity contribution in [3.05, 3.63) is 48.0 Å². The number of halogens is 1. The van der Waals surface area contributed by atoms with Crippen molar-refractivity contribution >= 4 is 23.5 Å². The number of nitrogens with zero attached hydrogens (tertiary/aromatic N) is 2. The van der Waals surface area contributed by atoms with Crippen molar-refractivity contribution in [3.8, 4) is 0 Å². The standard InChI is InChI=1S/C18H21FN4O3/c1-18(2,3)26-15(24)8-9-20-17-21-10-12(11-22-17)16(25)23-14-6-4-13(19)5-7-14/h4-7,10-11H,8-9H2,1-3H3,(H,23,25)(H,20,21,22). The van der Waals surface area contributed by atoms with Crippen molar-refractivity contribution in [2.45, 2.75) is 32.8 Å². The monoisotopic (exact) mass is 360 g/mol. The molecule has 0 saturated heterocycles. The van der Waals surface area contributed by atoms with Crippen LogP contribution >= 0.6 is 0 Å². The highest BCUT2D eigenvalue weighted by Crippen LogP contribution is 2.11. The quantitative estimate of drug-likeness (QED) is 0.769. The number of rotatable bonds is 6. The summed E-state index contributed by atoms with van der Waals surface area (Å²) in [4.78, 5) is 31.8. The molecule has 0 aliphatic carbocycles. The minimum atomic E-state index is -0.521. The summed E-state index contributed by atoms with van der Waals surface area (Å²) in [6.45, 7) is 5.72. The Morgan fingerprint density at radius 1 is 1.12 bits per heavy atom. The molecule has 1 amide bonds. The third kappa shape index (κ3) is 6.46. The van der Waals surface area contributed by atoms with E-state index in [4.69, 9.17) is 4.74 Å². The van der Waals surface area contributed by atoms with E-state index >= 15 is 0 Å². The van der Waals surface area contributed by atoms with Gasteiger partial charge in [-0.2, -0.15) is 0 Å². The fourth-order valence-electron chi connectivity index (χ4n) is 1.94. The topological polar surface area (TPSA) is 93.2 Å². The summed E-state index contributed by atoms with van der Waals surface area (Å²) in [5.41, 5.74) is 0.204. The zero-order chi connectivity index (χ0) is 19.2. The summed E-state index contributed by atoms with van der Waals surface area (Å²) in [7, 11) is 0. The van der Waals surface area contributed by atoms with Gasteiger partial charge in [0.15, 0.2) is 0 Å². The van der Waals surface area contributed by atoms with Crippen LogP contribution in [0.25, 0.3) is 0 Å². The number of ether oxygens (including phenoxy) is 1. The van der Waals surface area contributed by atoms with E-state index < -0.39 is 11.5 Å². The Morgan fingerprint density at radius 2 is 1.73 bits per heavy atom. The second kappa shape index (κ2) is 8.37. The lowest BCUT2D eigenvalue weighted by molar-refractivity contribution is -0.154. The van der Waals surface area contributed by atoms with Crippen molar-refractivity contribution in [2.75, 3.05) is 17.2 Å². The molecule has 0 saturated carbocycles. The highest BCUT2D eigenvalue weighted by Gasteiger charge is 2.15. The number of esters is 1. The average molecular weight is 360 g/mol. The van der Waals surface area contributed by atoms with E-state index in [9.17, 15) is 14.0 Å². The predicted molar refractivity (Wildman–Crippen MR) is 95.3 cm³/mol. The number of nitrogens with one attached hydrogen (secondary N) is 2. The molecule has 1 aromatic heterocycles. The number of anilines is 2. The molecule has 138 valence electrons. The molecular formula is C18H21FN4O3. The van der Waals surface area contributed by atoms with Crippen LogP contribution in [0.15, 0.2) is 36.7 Å². The van der Waals surface area contributed by atoms with Crippen molar-refractivity contribution in [3.63, 3.8) is 0 Å². The lowest BCUT2D eigenvalue weighted by Crippen LogP contribution is -2.25. The fourth-order valence-corrected chi connectivity index (χ4v) is 1.94. The first-order valence-electron chi connectivity index (χ1n) is 8.07. The van der Waals surface area contributed by atoms with Gasteiger partial charge in [-0.3, -0.25) is 9.59 Å². The highest BCUT2D eigenvalue weighted by molar-refractivity contribution is 6.03. The van der Waals surface area contributed by atoms with Crippen LogP contribution in [0.3, 0.4) is 0 Å². The van der Waals surface area contributed by atoms with Crippen molar-refractivity contribution in [2.24, 2.45) is 0 Å². The van der Waals surface area contributed by atoms with Gasteiger partial charge in [0.05, 0.1) is 12.0 Å². The van der Waals surface area contributed by atoms with Crippen molar-refractivity contribution in [1.82, 2.24) is 9.97 Å². The van der Waals surface area contributed by atoms with E-state index in [0.29, 0.717) is 18.2 Å². The van der Waals surface area contributed by atoms with Gasteiger partial charge < -0.3 is 15.4 Å². The highest BCUT2D eigenvalue weighted by atomic mass is 19.1. The SMILES string of the molecule is CC(C)(C)OC(=O)CCNc1ncc(C(=O)Nc2ccc(F)cc2)cn1. The molecule has 2 aromatic rings. The molecule has 0 atom stereocenters. The summed E-state index contributed by atoms with van der Waals surface area (Å²) in [5.74, 6) is -0.808. The molecule has 1 heterocycles. The number of carbonyl (C=O) groups excluding carboxylic acids is 2. The minimum Gasteiger partial charge on any atom is -0.460 e. The Morgan fingerprint density at radius 3 is 2.31 bits per heavy atom.